The van der Waals surface area contributed by atoms with Crippen molar-refractivity contribution in [1.82, 2.24) is 9.97 Å². The number of carboxylic acid groups (broad SMARTS) is 1. The highest BCUT2D eigenvalue weighted by Gasteiger charge is 2.31. The Bertz CT molecular complexity index is 625. The quantitative estimate of drug-likeness (QED) is 0.832. The third kappa shape index (κ3) is 4.44. The molecule has 2 aliphatic rings. The summed E-state index contributed by atoms with van der Waals surface area (Å²) in [4.78, 5) is 22.3. The van der Waals surface area contributed by atoms with Crippen LogP contribution in [0.1, 0.15) is 40.0 Å². The van der Waals surface area contributed by atoms with Crippen LogP contribution in [0.2, 0.25) is 0 Å². The molecule has 4 unspecified atom stereocenters. The van der Waals surface area contributed by atoms with Gasteiger partial charge in [0.1, 0.15) is 18.0 Å². The highest BCUT2D eigenvalue weighted by Crippen LogP contribution is 2.28. The summed E-state index contributed by atoms with van der Waals surface area (Å²) in [6.45, 7) is 8.58. The molecule has 2 aliphatic heterocycles. The number of anilines is 2. The van der Waals surface area contributed by atoms with Crippen molar-refractivity contribution in [1.29, 1.82) is 0 Å². The fourth-order valence-electron chi connectivity index (χ4n) is 4.12. The lowest BCUT2D eigenvalue weighted by molar-refractivity contribution is -0.142. The maximum absolute atomic E-state index is 11.4. The van der Waals surface area contributed by atoms with E-state index in [2.05, 4.69) is 41.0 Å². The Labute approximate surface area is 155 Å². The predicted molar refractivity (Wildman–Crippen MR) is 100 cm³/mol. The van der Waals surface area contributed by atoms with Crippen molar-refractivity contribution in [2.24, 2.45) is 17.8 Å². The van der Waals surface area contributed by atoms with Crippen molar-refractivity contribution in [3.05, 3.63) is 12.4 Å². The number of carboxylic acids is 1. The Morgan fingerprint density at radius 2 is 2.19 bits per heavy atom. The predicted octanol–water partition coefficient (Wildman–Crippen LogP) is 2.64. The largest absolute Gasteiger partial charge is 0.481 e. The highest BCUT2D eigenvalue weighted by molar-refractivity contribution is 5.71. The van der Waals surface area contributed by atoms with Crippen LogP contribution in [-0.2, 0) is 9.53 Å². The molecule has 0 bridgehead atoms. The van der Waals surface area contributed by atoms with Crippen LogP contribution in [0.5, 0.6) is 0 Å². The molecule has 0 saturated carbocycles. The number of aliphatic carboxylic acids is 1. The van der Waals surface area contributed by atoms with E-state index < -0.39 is 5.97 Å². The third-order valence-electron chi connectivity index (χ3n) is 5.34. The van der Waals surface area contributed by atoms with E-state index in [4.69, 9.17) is 4.74 Å². The van der Waals surface area contributed by atoms with E-state index in [1.807, 2.05) is 6.07 Å². The second kappa shape index (κ2) is 8.20. The number of nitrogens with zero attached hydrogens (tertiary/aromatic N) is 3. The summed E-state index contributed by atoms with van der Waals surface area (Å²) in [5.41, 5.74) is 0. The van der Waals surface area contributed by atoms with Crippen LogP contribution in [0.3, 0.4) is 0 Å². The Kier molecular flexibility index (Phi) is 5.96. The van der Waals surface area contributed by atoms with Crippen molar-refractivity contribution in [2.75, 3.05) is 29.9 Å². The van der Waals surface area contributed by atoms with Gasteiger partial charge in [0.2, 0.25) is 0 Å². The van der Waals surface area contributed by atoms with Gasteiger partial charge in [0.25, 0.3) is 0 Å². The minimum atomic E-state index is -0.729. The highest BCUT2D eigenvalue weighted by atomic mass is 16.5. The van der Waals surface area contributed by atoms with E-state index in [-0.39, 0.29) is 18.1 Å². The van der Waals surface area contributed by atoms with Crippen LogP contribution in [-0.4, -0.2) is 52.9 Å². The van der Waals surface area contributed by atoms with Gasteiger partial charge < -0.3 is 20.1 Å². The van der Waals surface area contributed by atoms with Gasteiger partial charge in [0.15, 0.2) is 0 Å². The van der Waals surface area contributed by atoms with E-state index in [0.717, 1.165) is 44.0 Å². The van der Waals surface area contributed by atoms with Gasteiger partial charge >= 0.3 is 5.97 Å². The zero-order chi connectivity index (χ0) is 18.7. The second-order valence-corrected chi connectivity index (χ2v) is 8.01. The minimum Gasteiger partial charge on any atom is -0.481 e. The molecule has 7 heteroatoms. The lowest BCUT2D eigenvalue weighted by Crippen LogP contribution is -2.44. The van der Waals surface area contributed by atoms with Crippen LogP contribution >= 0.6 is 0 Å². The number of rotatable bonds is 5. The number of nitrogens with one attached hydrogen (secondary N) is 1. The molecule has 7 nitrogen and oxygen atoms in total. The molecular weight excluding hydrogens is 332 g/mol. The maximum Gasteiger partial charge on any atom is 0.308 e. The van der Waals surface area contributed by atoms with Crippen LogP contribution in [0, 0.1) is 17.8 Å². The summed E-state index contributed by atoms with van der Waals surface area (Å²) in [6, 6.07) is 2.17. The van der Waals surface area contributed by atoms with Crippen molar-refractivity contribution in [2.45, 2.75) is 52.2 Å². The molecule has 0 spiro atoms. The molecule has 0 amide bonds. The molecule has 0 aromatic carbocycles. The molecule has 3 rings (SSSR count). The summed E-state index contributed by atoms with van der Waals surface area (Å²) < 4.78 is 5.94. The van der Waals surface area contributed by atoms with Crippen LogP contribution in [0.15, 0.2) is 12.4 Å². The van der Waals surface area contributed by atoms with Gasteiger partial charge in [-0.1, -0.05) is 20.8 Å². The summed E-state index contributed by atoms with van der Waals surface area (Å²) in [6.07, 6.45) is 4.55. The molecule has 4 atom stereocenters. The average Bonchev–Trinajstić information content (AvgIpc) is 2.61. The Morgan fingerprint density at radius 1 is 1.38 bits per heavy atom. The molecule has 1 aromatic heterocycles. The first-order valence-electron chi connectivity index (χ1n) is 9.62. The van der Waals surface area contributed by atoms with E-state index in [0.29, 0.717) is 18.4 Å². The number of ether oxygens (including phenoxy) is 1. The van der Waals surface area contributed by atoms with Gasteiger partial charge in [-0.25, -0.2) is 9.97 Å². The molecule has 0 radical (unpaired) electrons. The normalized spacial score (nSPS) is 29.6. The summed E-state index contributed by atoms with van der Waals surface area (Å²) in [7, 11) is 0. The summed E-state index contributed by atoms with van der Waals surface area (Å²) in [5.74, 6) is 1.26. The topological polar surface area (TPSA) is 87.6 Å². The van der Waals surface area contributed by atoms with E-state index in [9.17, 15) is 9.90 Å². The number of hydrogen-bond acceptors (Lipinski definition) is 6. The fourth-order valence-corrected chi connectivity index (χ4v) is 4.12. The van der Waals surface area contributed by atoms with E-state index in [1.165, 1.54) is 0 Å². The van der Waals surface area contributed by atoms with Gasteiger partial charge in [-0.05, 0) is 31.1 Å². The standard InChI is InChI=1S/C19H30N4O3/c1-12(2)18-15(5-4-6-26-18)22-16-8-17(21-11-20-16)23-9-13(3)7-14(10-23)19(24)25/h8,11-15,18H,4-7,9-10H2,1-3H3,(H,24,25)(H,20,21,22). The van der Waals surface area contributed by atoms with Gasteiger partial charge in [-0.3, -0.25) is 4.79 Å². The maximum atomic E-state index is 11.4. The van der Waals surface area contributed by atoms with Gasteiger partial charge in [-0.15, -0.1) is 0 Å². The molecule has 26 heavy (non-hydrogen) atoms. The molecule has 2 fully saturated rings. The molecule has 1 aromatic rings. The van der Waals surface area contributed by atoms with Crippen molar-refractivity contribution in [3.63, 3.8) is 0 Å². The first-order chi connectivity index (χ1) is 12.4. The van der Waals surface area contributed by atoms with Gasteiger partial charge in [0.05, 0.1) is 18.1 Å². The monoisotopic (exact) mass is 362 g/mol. The molecular formula is C19H30N4O3. The van der Waals surface area contributed by atoms with Crippen LogP contribution in [0.4, 0.5) is 11.6 Å². The molecule has 0 aliphatic carbocycles. The lowest BCUT2D eigenvalue weighted by atomic mass is 9.90. The van der Waals surface area contributed by atoms with E-state index in [1.54, 1.807) is 6.33 Å². The molecule has 2 N–H and O–H groups in total. The number of aromatic nitrogens is 2. The van der Waals surface area contributed by atoms with Crippen LogP contribution < -0.4 is 10.2 Å². The number of piperidine rings is 1. The van der Waals surface area contributed by atoms with Crippen molar-refractivity contribution >= 4 is 17.6 Å². The van der Waals surface area contributed by atoms with Gasteiger partial charge in [0, 0.05) is 25.8 Å². The average molecular weight is 362 g/mol. The van der Waals surface area contributed by atoms with Crippen LogP contribution in [0.25, 0.3) is 0 Å². The van der Waals surface area contributed by atoms with Crippen molar-refractivity contribution < 1.29 is 14.6 Å². The minimum absolute atomic E-state index is 0.175. The molecule has 2 saturated heterocycles. The first kappa shape index (κ1) is 18.9. The van der Waals surface area contributed by atoms with Crippen molar-refractivity contribution in [3.8, 4) is 0 Å². The Morgan fingerprint density at radius 3 is 2.92 bits per heavy atom. The van der Waals surface area contributed by atoms with E-state index >= 15 is 0 Å². The summed E-state index contributed by atoms with van der Waals surface area (Å²) >= 11 is 0. The summed E-state index contributed by atoms with van der Waals surface area (Å²) in [5, 5.41) is 12.9. The zero-order valence-corrected chi connectivity index (χ0v) is 15.9. The fraction of sp³-hybridized carbons (Fsp3) is 0.737. The Hall–Kier alpha value is -1.89. The smallest absolute Gasteiger partial charge is 0.308 e. The SMILES string of the molecule is CC1CC(C(=O)O)CN(c2cc(NC3CCCOC3C(C)C)ncn2)C1. The number of hydrogen-bond donors (Lipinski definition) is 2. The molecule has 3 heterocycles. The second-order valence-electron chi connectivity index (χ2n) is 8.01. The molecule has 144 valence electrons. The number of carbonyl (C=O) groups is 1. The zero-order valence-electron chi connectivity index (χ0n) is 15.9. The lowest BCUT2D eigenvalue weighted by Gasteiger charge is -2.36. The first-order valence-corrected chi connectivity index (χ1v) is 9.62. The Balaban J connectivity index is 1.72. The van der Waals surface area contributed by atoms with Gasteiger partial charge in [-0.2, -0.15) is 0 Å². The third-order valence-corrected chi connectivity index (χ3v) is 5.34.